The lowest BCUT2D eigenvalue weighted by molar-refractivity contribution is 0.110. The lowest BCUT2D eigenvalue weighted by Crippen LogP contribution is -1.97. The first-order valence-electron chi connectivity index (χ1n) is 5.21. The maximum atomic E-state index is 5.80. The van der Waals surface area contributed by atoms with Crippen LogP contribution in [0.15, 0.2) is 60.7 Å². The molecule has 2 aromatic carbocycles. The van der Waals surface area contributed by atoms with Crippen LogP contribution in [0.25, 0.3) is 0 Å². The summed E-state index contributed by atoms with van der Waals surface area (Å²) in [5.41, 5.74) is 2.42. The van der Waals surface area contributed by atoms with Crippen molar-refractivity contribution in [2.24, 2.45) is 0 Å². The van der Waals surface area contributed by atoms with E-state index < -0.39 is 0 Å². The van der Waals surface area contributed by atoms with Crippen molar-refractivity contribution in [1.29, 1.82) is 0 Å². The van der Waals surface area contributed by atoms with E-state index in [0.717, 1.165) is 0 Å². The smallest absolute Gasteiger partial charge is 0.134 e. The average Bonchev–Trinajstić information content (AvgIpc) is 2.38. The van der Waals surface area contributed by atoms with Gasteiger partial charge in [0.05, 0.1) is 6.61 Å². The van der Waals surface area contributed by atoms with Gasteiger partial charge in [0.2, 0.25) is 0 Å². The molecule has 0 aliphatic heterocycles. The summed E-state index contributed by atoms with van der Waals surface area (Å²) >= 11 is 2.31. The minimum absolute atomic E-state index is 0.110. The Morgan fingerprint density at radius 1 is 0.875 bits per heavy atom. The van der Waals surface area contributed by atoms with Crippen LogP contribution in [0.5, 0.6) is 0 Å². The second kappa shape index (κ2) is 6.01. The summed E-state index contributed by atoms with van der Waals surface area (Å²) in [5, 5.41) is 0. The molecule has 1 atom stereocenters. The van der Waals surface area contributed by atoms with E-state index in [1.54, 1.807) is 0 Å². The van der Waals surface area contributed by atoms with Crippen molar-refractivity contribution in [3.8, 4) is 0 Å². The molecule has 0 bridgehead atoms. The van der Waals surface area contributed by atoms with Gasteiger partial charge in [-0.2, -0.15) is 0 Å². The Labute approximate surface area is 110 Å². The molecule has 0 N–H and O–H groups in total. The van der Waals surface area contributed by atoms with Gasteiger partial charge in [0.25, 0.3) is 0 Å². The molecule has 0 radical (unpaired) electrons. The van der Waals surface area contributed by atoms with Crippen molar-refractivity contribution in [1.82, 2.24) is 0 Å². The number of rotatable bonds is 4. The predicted molar refractivity (Wildman–Crippen MR) is 74.4 cm³/mol. The fraction of sp³-hybridized carbons (Fsp3) is 0.143. The molecule has 2 aromatic rings. The molecule has 0 aromatic heterocycles. The van der Waals surface area contributed by atoms with Gasteiger partial charge in [-0.15, -0.1) is 0 Å². The van der Waals surface area contributed by atoms with E-state index in [1.807, 2.05) is 36.4 Å². The van der Waals surface area contributed by atoms with Crippen LogP contribution in [0.1, 0.15) is 15.2 Å². The molecule has 0 amide bonds. The molecule has 0 fully saturated rings. The molecule has 2 rings (SSSR count). The van der Waals surface area contributed by atoms with Crippen LogP contribution in [-0.2, 0) is 11.3 Å². The van der Waals surface area contributed by atoms with Gasteiger partial charge < -0.3 is 4.74 Å². The predicted octanol–water partition coefficient (Wildman–Crippen LogP) is 4.34. The van der Waals surface area contributed by atoms with E-state index in [4.69, 9.17) is 4.74 Å². The summed E-state index contributed by atoms with van der Waals surface area (Å²) in [5.74, 6) is 0. The standard InChI is InChI=1S/C14H13IO/c15-14(13-9-5-2-6-10-13)16-11-12-7-3-1-4-8-12/h1-10,14H,11H2. The van der Waals surface area contributed by atoms with Gasteiger partial charge >= 0.3 is 0 Å². The number of benzene rings is 2. The zero-order valence-corrected chi connectivity index (χ0v) is 11.0. The van der Waals surface area contributed by atoms with Crippen molar-refractivity contribution in [2.75, 3.05) is 0 Å². The maximum absolute atomic E-state index is 5.80. The molecule has 1 unspecified atom stereocenters. The molecule has 0 saturated carbocycles. The molecule has 16 heavy (non-hydrogen) atoms. The lowest BCUT2D eigenvalue weighted by Gasteiger charge is -2.11. The van der Waals surface area contributed by atoms with Crippen molar-refractivity contribution in [3.05, 3.63) is 71.8 Å². The monoisotopic (exact) mass is 324 g/mol. The Kier molecular flexibility index (Phi) is 4.36. The molecule has 0 spiro atoms. The van der Waals surface area contributed by atoms with Crippen molar-refractivity contribution in [3.63, 3.8) is 0 Å². The second-order valence-corrected chi connectivity index (χ2v) is 4.65. The molecular weight excluding hydrogens is 311 g/mol. The number of halogens is 1. The van der Waals surface area contributed by atoms with Crippen LogP contribution >= 0.6 is 22.6 Å². The molecule has 0 aliphatic carbocycles. The summed E-state index contributed by atoms with van der Waals surface area (Å²) in [6.07, 6.45) is 0. The highest BCUT2D eigenvalue weighted by Crippen LogP contribution is 2.25. The molecule has 1 nitrogen and oxygen atoms in total. The third kappa shape index (κ3) is 3.32. The van der Waals surface area contributed by atoms with E-state index in [9.17, 15) is 0 Å². The Bertz CT molecular complexity index is 413. The Morgan fingerprint density at radius 3 is 2.06 bits per heavy atom. The van der Waals surface area contributed by atoms with E-state index in [0.29, 0.717) is 6.61 Å². The van der Waals surface area contributed by atoms with Gasteiger partial charge in [0.15, 0.2) is 0 Å². The van der Waals surface area contributed by atoms with Crippen LogP contribution in [0.4, 0.5) is 0 Å². The lowest BCUT2D eigenvalue weighted by atomic mass is 10.2. The minimum atomic E-state index is 0.110. The Hall–Kier alpha value is -0.870. The topological polar surface area (TPSA) is 9.23 Å². The third-order valence-electron chi connectivity index (χ3n) is 2.30. The summed E-state index contributed by atoms with van der Waals surface area (Å²) in [6, 6.07) is 20.5. The Balaban J connectivity index is 1.92. The first-order valence-corrected chi connectivity index (χ1v) is 6.45. The van der Waals surface area contributed by atoms with Gasteiger partial charge in [-0.25, -0.2) is 0 Å². The molecule has 0 saturated heterocycles. The minimum Gasteiger partial charge on any atom is -0.358 e. The molecule has 2 heteroatoms. The van der Waals surface area contributed by atoms with Crippen LogP contribution < -0.4 is 0 Å². The van der Waals surface area contributed by atoms with Crippen LogP contribution in [-0.4, -0.2) is 0 Å². The van der Waals surface area contributed by atoms with Crippen molar-refractivity contribution in [2.45, 2.75) is 10.7 Å². The van der Waals surface area contributed by atoms with Gasteiger partial charge in [-0.3, -0.25) is 0 Å². The number of hydrogen-bond donors (Lipinski definition) is 0. The summed E-state index contributed by atoms with van der Waals surface area (Å²) in [4.78, 5) is 0. The van der Waals surface area contributed by atoms with Crippen LogP contribution in [0.2, 0.25) is 0 Å². The van der Waals surface area contributed by atoms with E-state index in [2.05, 4.69) is 46.9 Å². The fourth-order valence-electron chi connectivity index (χ4n) is 1.44. The highest BCUT2D eigenvalue weighted by atomic mass is 127. The summed E-state index contributed by atoms with van der Waals surface area (Å²) in [6.45, 7) is 0.656. The van der Waals surface area contributed by atoms with Crippen LogP contribution in [0, 0.1) is 0 Å². The summed E-state index contributed by atoms with van der Waals surface area (Å²) < 4.78 is 5.91. The highest BCUT2D eigenvalue weighted by molar-refractivity contribution is 14.1. The normalized spacial score (nSPS) is 12.3. The quantitative estimate of drug-likeness (QED) is 0.601. The van der Waals surface area contributed by atoms with E-state index in [-0.39, 0.29) is 4.11 Å². The number of ether oxygens (including phenoxy) is 1. The first-order chi connectivity index (χ1) is 7.86. The third-order valence-corrected chi connectivity index (χ3v) is 3.38. The largest absolute Gasteiger partial charge is 0.358 e. The van der Waals surface area contributed by atoms with Gasteiger partial charge in [-0.1, -0.05) is 60.7 Å². The molecule has 82 valence electrons. The zero-order chi connectivity index (χ0) is 11.2. The van der Waals surface area contributed by atoms with E-state index >= 15 is 0 Å². The van der Waals surface area contributed by atoms with Gasteiger partial charge in [-0.05, 0) is 33.7 Å². The molecular formula is C14H13IO. The second-order valence-electron chi connectivity index (χ2n) is 3.52. The first kappa shape index (κ1) is 11.6. The highest BCUT2D eigenvalue weighted by Gasteiger charge is 2.06. The van der Waals surface area contributed by atoms with Crippen molar-refractivity contribution < 1.29 is 4.74 Å². The van der Waals surface area contributed by atoms with E-state index in [1.165, 1.54) is 11.1 Å². The fourth-order valence-corrected chi connectivity index (χ4v) is 2.04. The van der Waals surface area contributed by atoms with Crippen molar-refractivity contribution >= 4 is 22.6 Å². The molecule has 0 aliphatic rings. The maximum Gasteiger partial charge on any atom is 0.134 e. The van der Waals surface area contributed by atoms with Gasteiger partial charge in [0, 0.05) is 0 Å². The average molecular weight is 324 g/mol. The van der Waals surface area contributed by atoms with Crippen LogP contribution in [0.3, 0.4) is 0 Å². The molecule has 0 heterocycles. The Morgan fingerprint density at radius 2 is 1.44 bits per heavy atom. The summed E-state index contributed by atoms with van der Waals surface area (Å²) in [7, 11) is 0. The van der Waals surface area contributed by atoms with Gasteiger partial charge in [0.1, 0.15) is 4.11 Å². The SMILES string of the molecule is IC(OCc1ccccc1)c1ccccc1. The number of hydrogen-bond acceptors (Lipinski definition) is 1. The zero-order valence-electron chi connectivity index (χ0n) is 8.84. The number of alkyl halides is 1.